The Hall–Kier alpha value is -1.00. The normalized spacial score (nSPS) is 23.6. The van der Waals surface area contributed by atoms with Gasteiger partial charge in [-0.2, -0.15) is 0 Å². The van der Waals surface area contributed by atoms with E-state index >= 15 is 0 Å². The van der Waals surface area contributed by atoms with E-state index in [1.807, 2.05) is 0 Å². The molecule has 2 nitrogen and oxygen atoms in total. The molecule has 0 spiro atoms. The van der Waals surface area contributed by atoms with E-state index in [1.165, 1.54) is 37.8 Å². The van der Waals surface area contributed by atoms with E-state index in [0.717, 1.165) is 37.8 Å². The Kier molecular flexibility index (Phi) is 4.55. The summed E-state index contributed by atoms with van der Waals surface area (Å²) in [5.74, 6) is -1.51. The van der Waals surface area contributed by atoms with E-state index in [9.17, 15) is 8.78 Å². The minimum atomic E-state index is -0.767. The van der Waals surface area contributed by atoms with Crippen molar-refractivity contribution in [1.82, 2.24) is 9.80 Å². The number of hydrogen-bond acceptors (Lipinski definition) is 2. The lowest BCUT2D eigenvalue weighted by Gasteiger charge is -2.40. The standard InChI is InChI=1S/C17H24F2N2/c1-13(14-6-7-16(18)17(19)12-14)20-8-10-21(11-9-20)15-4-2-3-5-15/h6-7,12-13,15H,2-5,8-11H2,1H3. The van der Waals surface area contributed by atoms with Gasteiger partial charge in [-0.05, 0) is 37.5 Å². The van der Waals surface area contributed by atoms with Gasteiger partial charge in [-0.3, -0.25) is 9.80 Å². The lowest BCUT2D eigenvalue weighted by Crippen LogP contribution is -2.50. The Labute approximate surface area is 125 Å². The maximum absolute atomic E-state index is 13.4. The van der Waals surface area contributed by atoms with Crippen molar-refractivity contribution in [2.75, 3.05) is 26.2 Å². The second-order valence-electron chi connectivity index (χ2n) is 6.36. The molecule has 2 fully saturated rings. The molecule has 4 heteroatoms. The first kappa shape index (κ1) is 14.9. The smallest absolute Gasteiger partial charge is 0.159 e. The molecule has 1 heterocycles. The molecule has 1 aliphatic heterocycles. The summed E-state index contributed by atoms with van der Waals surface area (Å²) < 4.78 is 26.4. The SMILES string of the molecule is CC(c1ccc(F)c(F)c1)N1CCN(C2CCCC2)CC1. The summed E-state index contributed by atoms with van der Waals surface area (Å²) in [6.07, 6.45) is 5.43. The van der Waals surface area contributed by atoms with Crippen molar-refractivity contribution in [1.29, 1.82) is 0 Å². The molecule has 0 radical (unpaired) electrons. The Morgan fingerprint density at radius 1 is 1.00 bits per heavy atom. The van der Waals surface area contributed by atoms with Crippen LogP contribution in [-0.4, -0.2) is 42.0 Å². The van der Waals surface area contributed by atoms with Crippen LogP contribution < -0.4 is 0 Å². The maximum Gasteiger partial charge on any atom is 0.159 e. The number of hydrogen-bond donors (Lipinski definition) is 0. The quantitative estimate of drug-likeness (QED) is 0.840. The molecular formula is C17H24F2N2. The Morgan fingerprint density at radius 2 is 1.67 bits per heavy atom. The van der Waals surface area contributed by atoms with Crippen molar-refractivity contribution >= 4 is 0 Å². The van der Waals surface area contributed by atoms with Crippen LogP contribution in [0.3, 0.4) is 0 Å². The number of halogens is 2. The summed E-state index contributed by atoms with van der Waals surface area (Å²) in [4.78, 5) is 4.99. The molecule has 0 aromatic heterocycles. The van der Waals surface area contributed by atoms with Crippen LogP contribution in [0.2, 0.25) is 0 Å². The van der Waals surface area contributed by atoms with Gasteiger partial charge in [0.2, 0.25) is 0 Å². The van der Waals surface area contributed by atoms with Crippen molar-refractivity contribution < 1.29 is 8.78 Å². The molecule has 1 aliphatic carbocycles. The van der Waals surface area contributed by atoms with Crippen molar-refractivity contribution in [3.05, 3.63) is 35.4 Å². The zero-order valence-corrected chi connectivity index (χ0v) is 12.7. The summed E-state index contributed by atoms with van der Waals surface area (Å²) in [6, 6.07) is 5.20. The molecule has 1 saturated heterocycles. The minimum absolute atomic E-state index is 0.144. The van der Waals surface area contributed by atoms with Crippen LogP contribution in [0.5, 0.6) is 0 Å². The second kappa shape index (κ2) is 6.41. The van der Waals surface area contributed by atoms with Crippen molar-refractivity contribution in [3.8, 4) is 0 Å². The molecule has 21 heavy (non-hydrogen) atoms. The first-order valence-corrected chi connectivity index (χ1v) is 8.08. The predicted molar refractivity (Wildman–Crippen MR) is 80.2 cm³/mol. The number of benzene rings is 1. The number of rotatable bonds is 3. The lowest BCUT2D eigenvalue weighted by molar-refractivity contribution is 0.0749. The zero-order chi connectivity index (χ0) is 14.8. The second-order valence-corrected chi connectivity index (χ2v) is 6.36. The zero-order valence-electron chi connectivity index (χ0n) is 12.7. The van der Waals surface area contributed by atoms with Gasteiger partial charge in [0.1, 0.15) is 0 Å². The average molecular weight is 294 g/mol. The van der Waals surface area contributed by atoms with Crippen LogP contribution in [-0.2, 0) is 0 Å². The predicted octanol–water partition coefficient (Wildman–Crippen LogP) is 3.59. The van der Waals surface area contributed by atoms with Gasteiger partial charge in [0.25, 0.3) is 0 Å². The third kappa shape index (κ3) is 3.27. The van der Waals surface area contributed by atoms with Crippen LogP contribution in [0.4, 0.5) is 8.78 Å². The van der Waals surface area contributed by atoms with Crippen molar-refractivity contribution in [2.45, 2.75) is 44.7 Å². The molecule has 1 aromatic rings. The van der Waals surface area contributed by atoms with Gasteiger partial charge in [-0.15, -0.1) is 0 Å². The fraction of sp³-hybridized carbons (Fsp3) is 0.647. The maximum atomic E-state index is 13.4. The summed E-state index contributed by atoms with van der Waals surface area (Å²) in [7, 11) is 0. The van der Waals surface area contributed by atoms with Crippen LogP contribution >= 0.6 is 0 Å². The van der Waals surface area contributed by atoms with Gasteiger partial charge in [0.05, 0.1) is 0 Å². The third-order valence-electron chi connectivity index (χ3n) is 5.16. The molecule has 1 saturated carbocycles. The van der Waals surface area contributed by atoms with Crippen molar-refractivity contribution in [2.24, 2.45) is 0 Å². The van der Waals surface area contributed by atoms with Gasteiger partial charge in [0.15, 0.2) is 11.6 Å². The topological polar surface area (TPSA) is 6.48 Å². The summed E-state index contributed by atoms with van der Waals surface area (Å²) >= 11 is 0. The third-order valence-corrected chi connectivity index (χ3v) is 5.16. The molecule has 1 atom stereocenters. The van der Waals surface area contributed by atoms with Gasteiger partial charge >= 0.3 is 0 Å². The van der Waals surface area contributed by atoms with E-state index in [2.05, 4.69) is 16.7 Å². The Balaban J connectivity index is 1.59. The van der Waals surface area contributed by atoms with E-state index < -0.39 is 11.6 Å². The largest absolute Gasteiger partial charge is 0.298 e. The molecule has 2 aliphatic rings. The molecule has 0 bridgehead atoms. The molecule has 1 unspecified atom stereocenters. The van der Waals surface area contributed by atoms with Crippen LogP contribution in [0, 0.1) is 11.6 Å². The first-order chi connectivity index (χ1) is 10.1. The van der Waals surface area contributed by atoms with Gasteiger partial charge in [-0.25, -0.2) is 8.78 Å². The summed E-state index contributed by atoms with van der Waals surface area (Å²) in [5, 5.41) is 0. The lowest BCUT2D eigenvalue weighted by atomic mass is 10.1. The molecule has 1 aromatic carbocycles. The van der Waals surface area contributed by atoms with Gasteiger partial charge < -0.3 is 0 Å². The minimum Gasteiger partial charge on any atom is -0.298 e. The van der Waals surface area contributed by atoms with Crippen LogP contribution in [0.15, 0.2) is 18.2 Å². The highest BCUT2D eigenvalue weighted by atomic mass is 19.2. The molecule has 0 amide bonds. The monoisotopic (exact) mass is 294 g/mol. The summed E-state index contributed by atoms with van der Waals surface area (Å²) in [5.41, 5.74) is 0.864. The van der Waals surface area contributed by atoms with Gasteiger partial charge in [-0.1, -0.05) is 18.9 Å². The molecule has 0 N–H and O–H groups in total. The fourth-order valence-corrected chi connectivity index (χ4v) is 3.74. The van der Waals surface area contributed by atoms with Crippen molar-refractivity contribution in [3.63, 3.8) is 0 Å². The van der Waals surface area contributed by atoms with Gasteiger partial charge in [0, 0.05) is 38.3 Å². The molecule has 3 rings (SSSR count). The van der Waals surface area contributed by atoms with E-state index in [-0.39, 0.29) is 6.04 Å². The van der Waals surface area contributed by atoms with Crippen LogP contribution in [0.1, 0.15) is 44.2 Å². The van der Waals surface area contributed by atoms with Crippen LogP contribution in [0.25, 0.3) is 0 Å². The summed E-state index contributed by atoms with van der Waals surface area (Å²) in [6.45, 7) is 6.29. The number of nitrogens with zero attached hydrogens (tertiary/aromatic N) is 2. The van der Waals surface area contributed by atoms with E-state index in [1.54, 1.807) is 6.07 Å². The first-order valence-electron chi connectivity index (χ1n) is 8.08. The average Bonchev–Trinajstić information content (AvgIpc) is 3.04. The Bertz CT molecular complexity index is 478. The van der Waals surface area contributed by atoms with E-state index in [4.69, 9.17) is 0 Å². The fourth-order valence-electron chi connectivity index (χ4n) is 3.74. The number of piperazine rings is 1. The Morgan fingerprint density at radius 3 is 2.29 bits per heavy atom. The van der Waals surface area contributed by atoms with E-state index in [0.29, 0.717) is 0 Å². The molecular weight excluding hydrogens is 270 g/mol. The highest BCUT2D eigenvalue weighted by Gasteiger charge is 2.28. The highest BCUT2D eigenvalue weighted by molar-refractivity contribution is 5.21. The highest BCUT2D eigenvalue weighted by Crippen LogP contribution is 2.27. The molecule has 116 valence electrons.